The zero-order valence-electron chi connectivity index (χ0n) is 54.9. The Bertz CT molecular complexity index is 1750. The fraction of sp³-hybridized carbons (Fsp3) is 0.671. The highest BCUT2D eigenvalue weighted by molar-refractivity contribution is 5.70. The first-order valence-electron chi connectivity index (χ1n) is 35.4. The van der Waals surface area contributed by atoms with Gasteiger partial charge in [0.1, 0.15) is 6.61 Å². The van der Waals surface area contributed by atoms with Crippen molar-refractivity contribution < 1.29 is 24.2 Å². The van der Waals surface area contributed by atoms with Crippen molar-refractivity contribution in [1.29, 1.82) is 0 Å². The summed E-state index contributed by atoms with van der Waals surface area (Å²) in [5, 5.41) is 9.69. The maximum atomic E-state index is 12.3. The monoisotopic (exact) mass is 1160 g/mol. The lowest BCUT2D eigenvalue weighted by Crippen LogP contribution is -2.28. The summed E-state index contributed by atoms with van der Waals surface area (Å²) in [6.07, 6.45) is 110. The summed E-state index contributed by atoms with van der Waals surface area (Å²) in [6, 6.07) is 0. The summed E-state index contributed by atoms with van der Waals surface area (Å²) in [4.78, 5) is 24.6. The standard InChI is InChI=1S/C79H132O5/c1-3-5-7-9-11-13-15-17-19-21-23-25-27-29-31-33-35-36-37-38-39-40-41-42-44-46-48-50-52-54-56-58-60-62-64-66-68-70-72-74-79(82)84-77(75-80)76-83-78(81)73-71-69-67-65-63-61-59-57-55-53-51-49-47-45-43-34-32-30-28-26-24-22-20-18-16-14-12-10-8-6-4-2/h5,7,11,13,17,19,23,25,29,31,35-36,38-39,41-42,46,48,52,54,58,60,64,66,77,80H,3-4,6,8-10,12,14-16,18,20-22,24,26-28,30,32-34,37,40,43-45,47,49-51,53,55-57,59,61-63,65,67-76H2,1-2H3/b7-5-,13-11-,19-17-,25-23-,31-29-,36-35-,39-38-,42-41-,48-46-,54-52-,60-58-,66-64-. The van der Waals surface area contributed by atoms with E-state index in [2.05, 4.69) is 160 Å². The predicted molar refractivity (Wildman–Crippen MR) is 371 cm³/mol. The Morgan fingerprint density at radius 2 is 0.512 bits per heavy atom. The molecule has 0 aliphatic heterocycles. The van der Waals surface area contributed by atoms with Gasteiger partial charge >= 0.3 is 11.9 Å². The highest BCUT2D eigenvalue weighted by atomic mass is 16.6. The third-order valence-corrected chi connectivity index (χ3v) is 15.1. The fourth-order valence-electron chi connectivity index (χ4n) is 9.89. The quantitative estimate of drug-likeness (QED) is 0.0373. The van der Waals surface area contributed by atoms with Crippen LogP contribution < -0.4 is 0 Å². The van der Waals surface area contributed by atoms with Crippen LogP contribution in [0.25, 0.3) is 0 Å². The Morgan fingerprint density at radius 1 is 0.286 bits per heavy atom. The molecule has 1 N–H and O–H groups in total. The molecule has 0 bridgehead atoms. The lowest BCUT2D eigenvalue weighted by atomic mass is 10.0. The van der Waals surface area contributed by atoms with Gasteiger partial charge in [-0.05, 0) is 103 Å². The molecule has 0 radical (unpaired) electrons. The minimum absolute atomic E-state index is 0.0889. The first-order chi connectivity index (χ1) is 41.6. The number of hydrogen-bond acceptors (Lipinski definition) is 5. The van der Waals surface area contributed by atoms with Gasteiger partial charge in [-0.15, -0.1) is 0 Å². The number of allylic oxidation sites excluding steroid dienone is 24. The van der Waals surface area contributed by atoms with E-state index in [0.29, 0.717) is 12.8 Å². The molecule has 0 spiro atoms. The second-order valence-corrected chi connectivity index (χ2v) is 23.2. The zero-order chi connectivity index (χ0) is 60.5. The molecule has 0 saturated heterocycles. The summed E-state index contributed by atoms with van der Waals surface area (Å²) in [5.74, 6) is -0.639. The minimum atomic E-state index is -0.806. The highest BCUT2D eigenvalue weighted by Gasteiger charge is 2.16. The Kier molecular flexibility index (Phi) is 69.4. The summed E-state index contributed by atoms with van der Waals surface area (Å²) in [5.41, 5.74) is 0. The molecule has 1 atom stereocenters. The highest BCUT2D eigenvalue weighted by Crippen LogP contribution is 2.18. The number of ether oxygens (including phenoxy) is 2. The van der Waals surface area contributed by atoms with Crippen molar-refractivity contribution >= 4 is 11.9 Å². The summed E-state index contributed by atoms with van der Waals surface area (Å²) in [6.45, 7) is 4.02. The average molecular weight is 1160 g/mol. The molecule has 0 aliphatic rings. The smallest absolute Gasteiger partial charge is 0.306 e. The van der Waals surface area contributed by atoms with Crippen LogP contribution in [0.3, 0.4) is 0 Å². The molecular weight excluding hydrogens is 1030 g/mol. The summed E-state index contributed by atoms with van der Waals surface area (Å²) in [7, 11) is 0. The van der Waals surface area contributed by atoms with Crippen molar-refractivity contribution in [3.8, 4) is 0 Å². The predicted octanol–water partition coefficient (Wildman–Crippen LogP) is 24.9. The van der Waals surface area contributed by atoms with E-state index in [1.807, 2.05) is 0 Å². The largest absolute Gasteiger partial charge is 0.462 e. The van der Waals surface area contributed by atoms with Crippen LogP contribution in [0, 0.1) is 0 Å². The van der Waals surface area contributed by atoms with Crippen molar-refractivity contribution in [2.75, 3.05) is 13.2 Å². The van der Waals surface area contributed by atoms with Crippen LogP contribution in [0.2, 0.25) is 0 Å². The number of carbonyl (C=O) groups excluding carboxylic acids is 2. The Hall–Kier alpha value is -4.22. The second-order valence-electron chi connectivity index (χ2n) is 23.2. The van der Waals surface area contributed by atoms with Crippen molar-refractivity contribution in [1.82, 2.24) is 0 Å². The molecule has 0 fully saturated rings. The van der Waals surface area contributed by atoms with Crippen LogP contribution in [-0.2, 0) is 19.1 Å². The number of aliphatic hydroxyl groups is 1. The van der Waals surface area contributed by atoms with Gasteiger partial charge in [0.25, 0.3) is 0 Å². The molecule has 0 amide bonds. The molecule has 1 unspecified atom stereocenters. The Labute approximate surface area is 520 Å². The van der Waals surface area contributed by atoms with Crippen molar-refractivity contribution in [3.05, 3.63) is 146 Å². The molecule has 478 valence electrons. The van der Waals surface area contributed by atoms with Crippen LogP contribution in [-0.4, -0.2) is 36.4 Å². The molecule has 84 heavy (non-hydrogen) atoms. The first kappa shape index (κ1) is 79.8. The number of aliphatic hydroxyl groups excluding tert-OH is 1. The van der Waals surface area contributed by atoms with Gasteiger partial charge in [-0.2, -0.15) is 0 Å². The van der Waals surface area contributed by atoms with Gasteiger partial charge < -0.3 is 14.6 Å². The maximum absolute atomic E-state index is 12.3. The van der Waals surface area contributed by atoms with Crippen molar-refractivity contribution in [2.45, 2.75) is 328 Å². The van der Waals surface area contributed by atoms with Crippen molar-refractivity contribution in [3.63, 3.8) is 0 Å². The molecule has 0 heterocycles. The van der Waals surface area contributed by atoms with Crippen LogP contribution in [0.5, 0.6) is 0 Å². The molecular formula is C79H132O5. The van der Waals surface area contributed by atoms with Gasteiger partial charge in [0, 0.05) is 12.8 Å². The molecule has 0 aromatic heterocycles. The molecule has 0 aliphatic carbocycles. The normalized spacial score (nSPS) is 13.1. The lowest BCUT2D eigenvalue weighted by Gasteiger charge is -2.15. The van der Waals surface area contributed by atoms with Gasteiger partial charge in [0.05, 0.1) is 6.61 Å². The van der Waals surface area contributed by atoms with Crippen molar-refractivity contribution in [2.24, 2.45) is 0 Å². The zero-order valence-corrected chi connectivity index (χ0v) is 54.9. The third-order valence-electron chi connectivity index (χ3n) is 15.1. The Balaban J connectivity index is 3.59. The second kappa shape index (κ2) is 73.0. The number of rotatable bonds is 64. The Morgan fingerprint density at radius 3 is 0.774 bits per heavy atom. The van der Waals surface area contributed by atoms with Crippen LogP contribution in [0.4, 0.5) is 0 Å². The topological polar surface area (TPSA) is 72.8 Å². The van der Waals surface area contributed by atoms with Gasteiger partial charge in [-0.3, -0.25) is 9.59 Å². The summed E-state index contributed by atoms with van der Waals surface area (Å²) >= 11 is 0. The van der Waals surface area contributed by atoms with E-state index in [9.17, 15) is 14.7 Å². The molecule has 0 rings (SSSR count). The molecule has 5 heteroatoms. The molecule has 0 aromatic rings. The van der Waals surface area contributed by atoms with E-state index >= 15 is 0 Å². The fourth-order valence-corrected chi connectivity index (χ4v) is 9.89. The minimum Gasteiger partial charge on any atom is -0.462 e. The molecule has 0 saturated carbocycles. The van der Waals surface area contributed by atoms with E-state index in [0.717, 1.165) is 116 Å². The molecule has 0 aromatic carbocycles. The molecule has 5 nitrogen and oxygen atoms in total. The maximum Gasteiger partial charge on any atom is 0.306 e. The average Bonchev–Trinajstić information content (AvgIpc) is 3.51. The van der Waals surface area contributed by atoms with Gasteiger partial charge in [-0.1, -0.05) is 352 Å². The van der Waals surface area contributed by atoms with Gasteiger partial charge in [-0.25, -0.2) is 0 Å². The van der Waals surface area contributed by atoms with Gasteiger partial charge in [0.2, 0.25) is 0 Å². The number of carbonyl (C=O) groups is 2. The van der Waals surface area contributed by atoms with Crippen LogP contribution >= 0.6 is 0 Å². The van der Waals surface area contributed by atoms with E-state index in [1.165, 1.54) is 180 Å². The number of esters is 2. The number of hydrogen-bond donors (Lipinski definition) is 1. The van der Waals surface area contributed by atoms with E-state index in [1.54, 1.807) is 0 Å². The SMILES string of the molecule is CC/C=C\C/C=C\C/C=C\C/C=C\C/C=C\C/C=C\C/C=C\C/C=C\C/C=C\C/C=C\C/C=C\C/C=C\CCCCC(=O)OC(CO)COC(=O)CCCCCCCCCCCCCCCCCCCCCCCCCCCCCCCCC. The first-order valence-corrected chi connectivity index (χ1v) is 35.4. The van der Waals surface area contributed by atoms with Crippen LogP contribution in [0.15, 0.2) is 146 Å². The van der Waals surface area contributed by atoms with E-state index in [4.69, 9.17) is 9.47 Å². The van der Waals surface area contributed by atoms with Crippen LogP contribution in [0.1, 0.15) is 322 Å². The van der Waals surface area contributed by atoms with E-state index < -0.39 is 6.10 Å². The number of unbranched alkanes of at least 4 members (excludes halogenated alkanes) is 32. The third kappa shape index (κ3) is 70.3. The lowest BCUT2D eigenvalue weighted by molar-refractivity contribution is -0.161. The van der Waals surface area contributed by atoms with Gasteiger partial charge in [0.15, 0.2) is 6.10 Å². The summed E-state index contributed by atoms with van der Waals surface area (Å²) < 4.78 is 10.7. The van der Waals surface area contributed by atoms with E-state index in [-0.39, 0.29) is 25.2 Å².